The summed E-state index contributed by atoms with van der Waals surface area (Å²) < 4.78 is 5.71. The van der Waals surface area contributed by atoms with Gasteiger partial charge < -0.3 is 9.84 Å². The van der Waals surface area contributed by atoms with E-state index in [-0.39, 0.29) is 11.6 Å². The van der Waals surface area contributed by atoms with Crippen LogP contribution < -0.4 is 0 Å². The molecular weight excluding hydrogens is 276 g/mol. The topological polar surface area (TPSA) is 46.5 Å². The van der Waals surface area contributed by atoms with Crippen LogP contribution in [0.4, 0.5) is 0 Å². The molecule has 0 aromatic heterocycles. The molecule has 0 aromatic carbocycles. The lowest BCUT2D eigenvalue weighted by Crippen LogP contribution is -2.31. The molecule has 1 N–H and O–H groups in total. The summed E-state index contributed by atoms with van der Waals surface area (Å²) in [5.41, 5.74) is -0.849. The number of carbonyl (C=O) groups excluding carboxylic acids is 1. The van der Waals surface area contributed by atoms with Crippen molar-refractivity contribution in [3.8, 4) is 0 Å². The van der Waals surface area contributed by atoms with Crippen LogP contribution in [0.5, 0.6) is 0 Å². The zero-order valence-corrected chi connectivity index (χ0v) is 15.5. The van der Waals surface area contributed by atoms with Crippen LogP contribution >= 0.6 is 0 Å². The van der Waals surface area contributed by atoms with E-state index in [9.17, 15) is 9.90 Å². The van der Waals surface area contributed by atoms with Crippen molar-refractivity contribution in [2.75, 3.05) is 0 Å². The summed E-state index contributed by atoms with van der Waals surface area (Å²) in [4.78, 5) is 12.0. The maximum atomic E-state index is 12.0. The standard InChI is InChI=1S/C19H38O3/c1-6-9-12-16-19(5,8-3)22-17(20)14-11-10-13-15-18(4,21)7-2/h21H,6-16H2,1-5H3. The molecule has 0 fully saturated rings. The van der Waals surface area contributed by atoms with Gasteiger partial charge in [-0.25, -0.2) is 0 Å². The molecule has 2 unspecified atom stereocenters. The summed E-state index contributed by atoms with van der Waals surface area (Å²) >= 11 is 0. The lowest BCUT2D eigenvalue weighted by Gasteiger charge is -2.28. The molecule has 0 saturated heterocycles. The zero-order chi connectivity index (χ0) is 17.1. The average Bonchev–Trinajstić information content (AvgIpc) is 2.47. The Morgan fingerprint density at radius 1 is 0.909 bits per heavy atom. The van der Waals surface area contributed by atoms with E-state index in [0.29, 0.717) is 6.42 Å². The van der Waals surface area contributed by atoms with E-state index in [4.69, 9.17) is 4.74 Å². The Kier molecular flexibility index (Phi) is 10.8. The highest BCUT2D eigenvalue weighted by molar-refractivity contribution is 5.69. The summed E-state index contributed by atoms with van der Waals surface area (Å²) in [6, 6.07) is 0. The molecule has 0 heterocycles. The van der Waals surface area contributed by atoms with Crippen LogP contribution in [0.3, 0.4) is 0 Å². The number of rotatable bonds is 13. The summed E-state index contributed by atoms with van der Waals surface area (Å²) in [5.74, 6) is -0.0666. The first-order valence-electron chi connectivity index (χ1n) is 9.23. The summed E-state index contributed by atoms with van der Waals surface area (Å²) in [6.07, 6.45) is 10.2. The Balaban J connectivity index is 3.91. The van der Waals surface area contributed by atoms with Crippen molar-refractivity contribution >= 4 is 5.97 Å². The molecule has 0 aromatic rings. The number of esters is 1. The van der Waals surface area contributed by atoms with E-state index in [2.05, 4.69) is 20.8 Å². The summed E-state index contributed by atoms with van der Waals surface area (Å²) in [7, 11) is 0. The van der Waals surface area contributed by atoms with Crippen molar-refractivity contribution in [3.05, 3.63) is 0 Å². The van der Waals surface area contributed by atoms with Crippen molar-refractivity contribution in [1.29, 1.82) is 0 Å². The van der Waals surface area contributed by atoms with Crippen LogP contribution in [0.15, 0.2) is 0 Å². The predicted molar refractivity (Wildman–Crippen MR) is 92.9 cm³/mol. The summed E-state index contributed by atoms with van der Waals surface area (Å²) in [5, 5.41) is 9.93. The number of unbranched alkanes of at least 4 members (excludes halogenated alkanes) is 4. The molecule has 0 spiro atoms. The second-order valence-electron chi connectivity index (χ2n) is 7.15. The highest BCUT2D eigenvalue weighted by Gasteiger charge is 2.25. The molecule has 0 aliphatic carbocycles. The van der Waals surface area contributed by atoms with Crippen LogP contribution in [0.25, 0.3) is 0 Å². The molecular formula is C19H38O3. The van der Waals surface area contributed by atoms with Crippen molar-refractivity contribution in [2.45, 2.75) is 116 Å². The minimum absolute atomic E-state index is 0.0666. The van der Waals surface area contributed by atoms with Gasteiger partial charge in [0.2, 0.25) is 0 Å². The van der Waals surface area contributed by atoms with Gasteiger partial charge in [-0.3, -0.25) is 4.79 Å². The van der Waals surface area contributed by atoms with Crippen molar-refractivity contribution in [3.63, 3.8) is 0 Å². The lowest BCUT2D eigenvalue weighted by atomic mass is 9.95. The third-order valence-corrected chi connectivity index (χ3v) is 4.78. The minimum Gasteiger partial charge on any atom is -0.459 e. The van der Waals surface area contributed by atoms with E-state index in [1.807, 2.05) is 13.8 Å². The van der Waals surface area contributed by atoms with E-state index in [1.54, 1.807) is 0 Å². The maximum absolute atomic E-state index is 12.0. The second kappa shape index (κ2) is 11.0. The average molecular weight is 315 g/mol. The number of ether oxygens (including phenoxy) is 1. The summed E-state index contributed by atoms with van der Waals surface area (Å²) in [6.45, 7) is 10.2. The van der Waals surface area contributed by atoms with Gasteiger partial charge in [-0.2, -0.15) is 0 Å². The van der Waals surface area contributed by atoms with E-state index in [1.165, 1.54) is 12.8 Å². The van der Waals surface area contributed by atoms with Gasteiger partial charge in [0.25, 0.3) is 0 Å². The number of hydrogen-bond donors (Lipinski definition) is 1. The number of aliphatic hydroxyl groups is 1. The fraction of sp³-hybridized carbons (Fsp3) is 0.947. The zero-order valence-electron chi connectivity index (χ0n) is 15.5. The van der Waals surface area contributed by atoms with E-state index < -0.39 is 5.60 Å². The van der Waals surface area contributed by atoms with Crippen molar-refractivity contribution in [1.82, 2.24) is 0 Å². The smallest absolute Gasteiger partial charge is 0.306 e. The first-order valence-corrected chi connectivity index (χ1v) is 9.23. The molecule has 132 valence electrons. The lowest BCUT2D eigenvalue weighted by molar-refractivity contribution is -0.159. The van der Waals surface area contributed by atoms with Crippen molar-refractivity contribution in [2.24, 2.45) is 0 Å². The monoisotopic (exact) mass is 314 g/mol. The largest absolute Gasteiger partial charge is 0.459 e. The molecule has 2 atom stereocenters. The van der Waals surface area contributed by atoms with Crippen LogP contribution in [0.2, 0.25) is 0 Å². The predicted octanol–water partition coefficient (Wildman–Crippen LogP) is 5.39. The normalized spacial score (nSPS) is 16.8. The van der Waals surface area contributed by atoms with Crippen molar-refractivity contribution < 1.29 is 14.6 Å². The van der Waals surface area contributed by atoms with Crippen LogP contribution in [0.1, 0.15) is 105 Å². The van der Waals surface area contributed by atoms with Gasteiger partial charge in [-0.1, -0.05) is 46.5 Å². The minimum atomic E-state index is -0.555. The molecule has 3 heteroatoms. The van der Waals surface area contributed by atoms with Gasteiger partial charge in [0, 0.05) is 6.42 Å². The first-order chi connectivity index (χ1) is 10.3. The number of carbonyl (C=O) groups is 1. The first kappa shape index (κ1) is 21.4. The molecule has 0 bridgehead atoms. The van der Waals surface area contributed by atoms with Gasteiger partial charge in [0.05, 0.1) is 5.60 Å². The Hall–Kier alpha value is -0.570. The molecule has 22 heavy (non-hydrogen) atoms. The Morgan fingerprint density at radius 3 is 2.09 bits per heavy atom. The van der Waals surface area contributed by atoms with Crippen LogP contribution in [-0.4, -0.2) is 22.3 Å². The second-order valence-corrected chi connectivity index (χ2v) is 7.15. The van der Waals surface area contributed by atoms with Gasteiger partial charge in [-0.15, -0.1) is 0 Å². The molecule has 0 aliphatic heterocycles. The molecule has 0 rings (SSSR count). The molecule has 0 radical (unpaired) electrons. The van der Waals surface area contributed by atoms with Gasteiger partial charge in [0.1, 0.15) is 5.60 Å². The molecule has 3 nitrogen and oxygen atoms in total. The maximum Gasteiger partial charge on any atom is 0.306 e. The van der Waals surface area contributed by atoms with E-state index in [0.717, 1.165) is 51.4 Å². The highest BCUT2D eigenvalue weighted by Crippen LogP contribution is 2.24. The Morgan fingerprint density at radius 2 is 1.55 bits per heavy atom. The van der Waals surface area contributed by atoms with Gasteiger partial charge in [0.15, 0.2) is 0 Å². The molecule has 0 amide bonds. The van der Waals surface area contributed by atoms with Gasteiger partial charge >= 0.3 is 5.97 Å². The number of hydrogen-bond acceptors (Lipinski definition) is 3. The molecule has 0 aliphatic rings. The van der Waals surface area contributed by atoms with Crippen LogP contribution in [0, 0.1) is 0 Å². The Bertz CT molecular complexity index is 299. The highest BCUT2D eigenvalue weighted by atomic mass is 16.6. The molecule has 0 saturated carbocycles. The fourth-order valence-corrected chi connectivity index (χ4v) is 2.50. The SMILES string of the molecule is CCCCCC(C)(CC)OC(=O)CCCCCC(C)(O)CC. The van der Waals surface area contributed by atoms with Crippen LogP contribution in [-0.2, 0) is 9.53 Å². The third kappa shape index (κ3) is 10.2. The third-order valence-electron chi connectivity index (χ3n) is 4.78. The quantitative estimate of drug-likeness (QED) is 0.366. The fourth-order valence-electron chi connectivity index (χ4n) is 2.50. The van der Waals surface area contributed by atoms with E-state index >= 15 is 0 Å². The van der Waals surface area contributed by atoms with Gasteiger partial charge in [-0.05, 0) is 52.4 Å². The Labute approximate surface area is 137 Å².